The predicted octanol–water partition coefficient (Wildman–Crippen LogP) is 1.48. The fourth-order valence-corrected chi connectivity index (χ4v) is 1.65. The smallest absolute Gasteiger partial charge is 0.379 e. The summed E-state index contributed by atoms with van der Waals surface area (Å²) in [6.07, 6.45) is 0. The van der Waals surface area contributed by atoms with Gasteiger partial charge in [0.1, 0.15) is 11.8 Å². The van der Waals surface area contributed by atoms with E-state index in [0.717, 1.165) is 0 Å². The molecule has 5 nitrogen and oxygen atoms in total. The van der Waals surface area contributed by atoms with E-state index >= 15 is 0 Å². The number of ether oxygens (including phenoxy) is 1. The summed E-state index contributed by atoms with van der Waals surface area (Å²) in [4.78, 5) is 11.2. The van der Waals surface area contributed by atoms with Crippen molar-refractivity contribution in [2.24, 2.45) is 5.73 Å². The van der Waals surface area contributed by atoms with Crippen molar-refractivity contribution in [3.05, 3.63) is 23.3 Å². The molecule has 106 valence electrons. The molecule has 0 heterocycles. The van der Waals surface area contributed by atoms with Crippen LogP contribution in [0.3, 0.4) is 0 Å². The first-order chi connectivity index (χ1) is 8.73. The molecule has 0 spiro atoms. The van der Waals surface area contributed by atoms with Gasteiger partial charge in [0.2, 0.25) is 0 Å². The van der Waals surface area contributed by atoms with Gasteiger partial charge in [0, 0.05) is 5.56 Å². The van der Waals surface area contributed by atoms with Crippen LogP contribution in [0.5, 0.6) is 5.75 Å². The first-order valence-electron chi connectivity index (χ1n) is 5.62. The van der Waals surface area contributed by atoms with Gasteiger partial charge in [-0.2, -0.15) is 8.78 Å². The van der Waals surface area contributed by atoms with E-state index in [1.54, 1.807) is 0 Å². The minimum atomic E-state index is -3.95. The minimum absolute atomic E-state index is 0.0873. The Morgan fingerprint density at radius 1 is 1.53 bits per heavy atom. The number of benzene rings is 1. The molecule has 1 atom stereocenters. The molecule has 0 saturated carbocycles. The number of phenols is 1. The van der Waals surface area contributed by atoms with Crippen LogP contribution in [0, 0.1) is 6.92 Å². The number of nitrogens with two attached hydrogens (primary N) is 2. The molecule has 0 aromatic heterocycles. The van der Waals surface area contributed by atoms with Crippen LogP contribution in [-0.2, 0) is 9.53 Å². The van der Waals surface area contributed by atoms with Crippen molar-refractivity contribution in [1.29, 1.82) is 0 Å². The fourth-order valence-electron chi connectivity index (χ4n) is 1.65. The molecular formula is C12H16F2N2O3. The van der Waals surface area contributed by atoms with E-state index in [9.17, 15) is 18.7 Å². The topological polar surface area (TPSA) is 98.6 Å². The second kappa shape index (κ2) is 5.40. The summed E-state index contributed by atoms with van der Waals surface area (Å²) in [5, 5.41) is 9.73. The van der Waals surface area contributed by atoms with E-state index in [1.165, 1.54) is 26.0 Å². The summed E-state index contributed by atoms with van der Waals surface area (Å²) in [6.45, 7) is 2.70. The average molecular weight is 274 g/mol. The van der Waals surface area contributed by atoms with Crippen LogP contribution in [0.25, 0.3) is 0 Å². The Labute approximate surface area is 109 Å². The Morgan fingerprint density at radius 2 is 2.11 bits per heavy atom. The molecule has 0 fully saturated rings. The van der Waals surface area contributed by atoms with Crippen LogP contribution < -0.4 is 11.5 Å². The third kappa shape index (κ3) is 2.76. The summed E-state index contributed by atoms with van der Waals surface area (Å²) >= 11 is 0. The molecule has 0 amide bonds. The third-order valence-electron chi connectivity index (χ3n) is 2.72. The van der Waals surface area contributed by atoms with Crippen molar-refractivity contribution in [2.45, 2.75) is 25.8 Å². The maximum absolute atomic E-state index is 13.8. The first kappa shape index (κ1) is 15.2. The van der Waals surface area contributed by atoms with Crippen LogP contribution in [0.15, 0.2) is 12.1 Å². The maximum atomic E-state index is 13.8. The van der Waals surface area contributed by atoms with Crippen LogP contribution in [0.2, 0.25) is 0 Å². The Balaban J connectivity index is 3.23. The van der Waals surface area contributed by atoms with Crippen LogP contribution in [0.1, 0.15) is 24.1 Å². The van der Waals surface area contributed by atoms with E-state index in [0.29, 0.717) is 5.56 Å². The second-order valence-electron chi connectivity index (χ2n) is 4.06. The lowest BCUT2D eigenvalue weighted by molar-refractivity contribution is -0.174. The van der Waals surface area contributed by atoms with Gasteiger partial charge in [0.15, 0.2) is 0 Å². The highest BCUT2D eigenvalue weighted by Crippen LogP contribution is 2.39. The van der Waals surface area contributed by atoms with Crippen LogP contribution in [-0.4, -0.2) is 23.6 Å². The number of hydrogen-bond acceptors (Lipinski definition) is 5. The van der Waals surface area contributed by atoms with Gasteiger partial charge in [-0.25, -0.2) is 4.79 Å². The molecule has 1 aromatic rings. The van der Waals surface area contributed by atoms with Gasteiger partial charge in [0.25, 0.3) is 0 Å². The Bertz CT molecular complexity index is 492. The van der Waals surface area contributed by atoms with Gasteiger partial charge in [-0.3, -0.25) is 0 Å². The maximum Gasteiger partial charge on any atom is 0.379 e. The quantitative estimate of drug-likeness (QED) is 0.439. The summed E-state index contributed by atoms with van der Waals surface area (Å²) in [5.74, 6) is -6.23. The monoisotopic (exact) mass is 274 g/mol. The Hall–Kier alpha value is -1.89. The zero-order chi connectivity index (χ0) is 14.8. The number of halogens is 2. The van der Waals surface area contributed by atoms with Crippen molar-refractivity contribution in [3.8, 4) is 5.75 Å². The zero-order valence-electron chi connectivity index (χ0n) is 10.6. The van der Waals surface area contributed by atoms with Crippen molar-refractivity contribution in [2.75, 3.05) is 12.3 Å². The zero-order valence-corrected chi connectivity index (χ0v) is 10.6. The van der Waals surface area contributed by atoms with Gasteiger partial charge in [-0.05, 0) is 25.5 Å². The second-order valence-corrected chi connectivity index (χ2v) is 4.06. The highest BCUT2D eigenvalue weighted by atomic mass is 19.3. The number of esters is 1. The number of anilines is 1. The summed E-state index contributed by atoms with van der Waals surface area (Å²) < 4.78 is 31.9. The van der Waals surface area contributed by atoms with Crippen molar-refractivity contribution >= 4 is 11.7 Å². The Kier molecular flexibility index (Phi) is 4.31. The number of hydrogen-bond donors (Lipinski definition) is 3. The van der Waals surface area contributed by atoms with Crippen LogP contribution >= 0.6 is 0 Å². The number of alkyl halides is 2. The van der Waals surface area contributed by atoms with Gasteiger partial charge in [-0.1, -0.05) is 6.07 Å². The predicted molar refractivity (Wildman–Crippen MR) is 65.8 cm³/mol. The number of phenolic OH excluding ortho intramolecular Hbond substituents is 1. The first-order valence-corrected chi connectivity index (χ1v) is 5.62. The van der Waals surface area contributed by atoms with Crippen LogP contribution in [0.4, 0.5) is 14.5 Å². The molecular weight excluding hydrogens is 258 g/mol. The molecule has 1 aromatic carbocycles. The number of aromatic hydroxyl groups is 1. The molecule has 7 heteroatoms. The van der Waals surface area contributed by atoms with Gasteiger partial charge < -0.3 is 21.3 Å². The van der Waals surface area contributed by atoms with E-state index < -0.39 is 23.7 Å². The molecule has 1 rings (SSSR count). The molecule has 0 radical (unpaired) electrons. The van der Waals surface area contributed by atoms with Gasteiger partial charge in [0.05, 0.1) is 12.3 Å². The number of aryl methyl sites for hydroxylation is 1. The number of nitrogen functional groups attached to an aromatic ring is 1. The van der Waals surface area contributed by atoms with E-state index in [4.69, 9.17) is 11.5 Å². The molecule has 0 bridgehead atoms. The number of rotatable bonds is 4. The lowest BCUT2D eigenvalue weighted by atomic mass is 9.95. The third-order valence-corrected chi connectivity index (χ3v) is 2.72. The summed E-state index contributed by atoms with van der Waals surface area (Å²) in [7, 11) is 0. The standard InChI is InChI=1S/C12H16F2N2O3/c1-3-19-11(18)12(13,14)10(16)8-6(2)4-5-7(15)9(8)17/h4-5,10,17H,3,15-16H2,1-2H3/t10-/m1/s1. The molecule has 0 unspecified atom stereocenters. The Morgan fingerprint density at radius 3 is 2.63 bits per heavy atom. The number of carbonyl (C=O) groups is 1. The highest BCUT2D eigenvalue weighted by molar-refractivity contribution is 5.79. The minimum Gasteiger partial charge on any atom is -0.505 e. The lowest BCUT2D eigenvalue weighted by Crippen LogP contribution is -2.42. The average Bonchev–Trinajstić information content (AvgIpc) is 2.34. The summed E-state index contributed by atoms with van der Waals surface area (Å²) in [5.41, 5.74) is 10.8. The van der Waals surface area contributed by atoms with Crippen molar-refractivity contribution < 1.29 is 23.4 Å². The lowest BCUT2D eigenvalue weighted by Gasteiger charge is -2.24. The molecule has 0 aliphatic heterocycles. The summed E-state index contributed by atoms with van der Waals surface area (Å²) in [6, 6.07) is 0.768. The SMILES string of the molecule is CCOC(=O)C(F)(F)[C@H](N)c1c(C)ccc(N)c1O. The highest BCUT2D eigenvalue weighted by Gasteiger charge is 2.49. The fraction of sp³-hybridized carbons (Fsp3) is 0.417. The molecule has 0 saturated heterocycles. The normalized spacial score (nSPS) is 13.1. The molecule has 0 aliphatic carbocycles. The largest absolute Gasteiger partial charge is 0.505 e. The molecule has 0 aliphatic rings. The van der Waals surface area contributed by atoms with Crippen molar-refractivity contribution in [1.82, 2.24) is 0 Å². The molecule has 5 N–H and O–H groups in total. The number of carbonyl (C=O) groups excluding carboxylic acids is 1. The van der Waals surface area contributed by atoms with Crippen molar-refractivity contribution in [3.63, 3.8) is 0 Å². The van der Waals surface area contributed by atoms with E-state index in [2.05, 4.69) is 4.74 Å². The molecule has 19 heavy (non-hydrogen) atoms. The van der Waals surface area contributed by atoms with Gasteiger partial charge in [-0.15, -0.1) is 0 Å². The van der Waals surface area contributed by atoms with E-state index in [-0.39, 0.29) is 17.9 Å². The van der Waals surface area contributed by atoms with E-state index in [1.807, 2.05) is 0 Å². The van der Waals surface area contributed by atoms with Gasteiger partial charge >= 0.3 is 11.9 Å².